The van der Waals surface area contributed by atoms with Gasteiger partial charge in [0, 0.05) is 57.2 Å². The largest absolute Gasteiger partial charge is 0.309 e. The molecule has 0 aliphatic heterocycles. The maximum absolute atomic E-state index is 2.46. The van der Waals surface area contributed by atoms with Crippen molar-refractivity contribution in [1.82, 2.24) is 0 Å². The van der Waals surface area contributed by atoms with E-state index in [-0.39, 0.29) is 0 Å². The zero-order valence-corrected chi connectivity index (χ0v) is 31.4. The number of nitrogens with zero attached hydrogens (tertiary/aromatic N) is 1. The van der Waals surface area contributed by atoms with Crippen molar-refractivity contribution in [2.45, 2.75) is 0 Å². The maximum atomic E-state index is 2.46. The summed E-state index contributed by atoms with van der Waals surface area (Å²) in [6, 6.07) is 73.5. The third kappa shape index (κ3) is 5.43. The van der Waals surface area contributed by atoms with E-state index >= 15 is 0 Å². The average molecular weight is 736 g/mol. The number of para-hydroxylation sites is 2. The predicted octanol–water partition coefficient (Wildman–Crippen LogP) is 16.0. The molecule has 258 valence electrons. The summed E-state index contributed by atoms with van der Waals surface area (Å²) in [6.45, 7) is 0. The molecule has 0 spiro atoms. The fourth-order valence-electron chi connectivity index (χ4n) is 8.28. The maximum Gasteiger partial charge on any atom is 0.0540 e. The van der Waals surface area contributed by atoms with Crippen LogP contribution in [0.1, 0.15) is 0 Å². The van der Waals surface area contributed by atoms with Gasteiger partial charge < -0.3 is 4.90 Å². The van der Waals surface area contributed by atoms with Crippen LogP contribution in [0.5, 0.6) is 0 Å². The van der Waals surface area contributed by atoms with E-state index < -0.39 is 0 Å². The van der Waals surface area contributed by atoms with Gasteiger partial charge in [-0.2, -0.15) is 0 Å². The van der Waals surface area contributed by atoms with E-state index in [1.165, 1.54) is 84.5 Å². The van der Waals surface area contributed by atoms with Gasteiger partial charge in [-0.25, -0.2) is 0 Å². The Hall–Kier alpha value is -6.52. The summed E-state index contributed by atoms with van der Waals surface area (Å²) in [5, 5.41) is 7.74. The molecule has 0 bridgehead atoms. The Kier molecular flexibility index (Phi) is 7.61. The van der Waals surface area contributed by atoms with Crippen LogP contribution in [0.25, 0.3) is 84.5 Å². The van der Waals surface area contributed by atoms with Crippen molar-refractivity contribution in [1.29, 1.82) is 0 Å². The molecule has 1 nitrogen and oxygen atoms in total. The number of fused-ring (bicyclic) bond motifs is 7. The lowest BCUT2D eigenvalue weighted by Gasteiger charge is -2.30. The molecule has 0 aliphatic rings. The first-order valence-electron chi connectivity index (χ1n) is 18.7. The van der Waals surface area contributed by atoms with Crippen molar-refractivity contribution in [3.63, 3.8) is 0 Å². The van der Waals surface area contributed by atoms with Gasteiger partial charge in [-0.3, -0.25) is 0 Å². The first-order chi connectivity index (χ1) is 27.3. The number of thiophene rings is 2. The standard InChI is InChI=1S/C52H33NS2/c1-2-13-36-32-38(25-24-34(36)12-1)40-14-3-7-19-46(40)53(39-29-26-35(27-30-39)37-28-31-43-42-16-5-9-21-48(42)55-51(43)33-37)47-20-8-4-15-41(47)44-18-11-23-50-52(44)45-17-6-10-22-49(45)54-50/h1-33H. The van der Waals surface area contributed by atoms with Crippen LogP contribution in [0.2, 0.25) is 0 Å². The highest BCUT2D eigenvalue weighted by Gasteiger charge is 2.22. The highest BCUT2D eigenvalue weighted by atomic mass is 32.1. The predicted molar refractivity (Wildman–Crippen MR) is 241 cm³/mol. The lowest BCUT2D eigenvalue weighted by atomic mass is 9.95. The van der Waals surface area contributed by atoms with Crippen LogP contribution in [-0.2, 0) is 0 Å². The van der Waals surface area contributed by atoms with Crippen LogP contribution >= 0.6 is 22.7 Å². The fourth-order valence-corrected chi connectivity index (χ4v) is 10.6. The van der Waals surface area contributed by atoms with Gasteiger partial charge in [-0.15, -0.1) is 22.7 Å². The van der Waals surface area contributed by atoms with Gasteiger partial charge >= 0.3 is 0 Å². The smallest absolute Gasteiger partial charge is 0.0540 e. The number of hydrogen-bond donors (Lipinski definition) is 0. The first-order valence-corrected chi connectivity index (χ1v) is 20.3. The summed E-state index contributed by atoms with van der Waals surface area (Å²) < 4.78 is 5.26. The molecule has 0 radical (unpaired) electrons. The summed E-state index contributed by atoms with van der Waals surface area (Å²) in [5.41, 5.74) is 10.6. The Balaban J connectivity index is 1.11. The Morgan fingerprint density at radius 2 is 0.873 bits per heavy atom. The molecule has 0 amide bonds. The van der Waals surface area contributed by atoms with Gasteiger partial charge in [0.25, 0.3) is 0 Å². The summed E-state index contributed by atoms with van der Waals surface area (Å²) in [6.07, 6.45) is 0. The molecule has 0 atom stereocenters. The van der Waals surface area contributed by atoms with E-state index in [9.17, 15) is 0 Å². The van der Waals surface area contributed by atoms with Crippen molar-refractivity contribution in [3.05, 3.63) is 200 Å². The van der Waals surface area contributed by atoms with E-state index in [1.54, 1.807) is 0 Å². The summed E-state index contributed by atoms with van der Waals surface area (Å²) >= 11 is 3.73. The second-order valence-electron chi connectivity index (χ2n) is 14.1. The van der Waals surface area contributed by atoms with E-state index in [0.717, 1.165) is 17.1 Å². The zero-order valence-electron chi connectivity index (χ0n) is 29.8. The van der Waals surface area contributed by atoms with Crippen LogP contribution in [0.4, 0.5) is 17.1 Å². The molecule has 3 heteroatoms. The summed E-state index contributed by atoms with van der Waals surface area (Å²) in [4.78, 5) is 2.46. The molecule has 0 saturated carbocycles. The van der Waals surface area contributed by atoms with Crippen LogP contribution in [0.15, 0.2) is 200 Å². The van der Waals surface area contributed by atoms with Gasteiger partial charge in [0.2, 0.25) is 0 Å². The molecule has 0 fully saturated rings. The molecule has 55 heavy (non-hydrogen) atoms. The molecule has 0 unspecified atom stereocenters. The Labute approximate surface area is 327 Å². The summed E-state index contributed by atoms with van der Waals surface area (Å²) in [5.74, 6) is 0. The van der Waals surface area contributed by atoms with Crippen molar-refractivity contribution in [3.8, 4) is 33.4 Å². The Bertz CT molecular complexity index is 3220. The normalized spacial score (nSPS) is 11.6. The Morgan fingerprint density at radius 1 is 0.309 bits per heavy atom. The molecular formula is C52H33NS2. The SMILES string of the molecule is c1ccc(N(c2ccc(-c3ccc4c(c3)sc3ccccc34)cc2)c2ccccc2-c2cccc3sc4ccccc4c23)c(-c2ccc3ccccc3c2)c1. The van der Waals surface area contributed by atoms with Crippen molar-refractivity contribution < 1.29 is 0 Å². The Morgan fingerprint density at radius 3 is 1.71 bits per heavy atom. The van der Waals surface area contributed by atoms with E-state index in [1.807, 2.05) is 22.7 Å². The van der Waals surface area contributed by atoms with Gasteiger partial charge in [0.15, 0.2) is 0 Å². The molecule has 2 heterocycles. The molecule has 0 saturated heterocycles. The topological polar surface area (TPSA) is 3.24 Å². The minimum absolute atomic E-state index is 1.11. The number of benzene rings is 9. The van der Waals surface area contributed by atoms with E-state index in [4.69, 9.17) is 0 Å². The molecule has 0 N–H and O–H groups in total. The van der Waals surface area contributed by atoms with Crippen LogP contribution in [0, 0.1) is 0 Å². The third-order valence-electron chi connectivity index (χ3n) is 10.9. The second kappa shape index (κ2) is 13.1. The number of rotatable bonds is 6. The van der Waals surface area contributed by atoms with Crippen molar-refractivity contribution in [2.75, 3.05) is 4.90 Å². The van der Waals surface area contributed by atoms with E-state index in [0.29, 0.717) is 0 Å². The quantitative estimate of drug-likeness (QED) is 0.164. The lowest BCUT2D eigenvalue weighted by molar-refractivity contribution is 1.28. The van der Waals surface area contributed by atoms with Gasteiger partial charge in [-0.1, -0.05) is 146 Å². The fraction of sp³-hybridized carbons (Fsp3) is 0. The lowest BCUT2D eigenvalue weighted by Crippen LogP contribution is -2.12. The molecule has 9 aromatic carbocycles. The average Bonchev–Trinajstić information content (AvgIpc) is 3.82. The van der Waals surface area contributed by atoms with Crippen LogP contribution in [0.3, 0.4) is 0 Å². The minimum atomic E-state index is 1.11. The molecule has 11 aromatic rings. The highest BCUT2D eigenvalue weighted by Crippen LogP contribution is 2.48. The zero-order chi connectivity index (χ0) is 36.3. The molecule has 2 aromatic heterocycles. The summed E-state index contributed by atoms with van der Waals surface area (Å²) in [7, 11) is 0. The van der Waals surface area contributed by atoms with Crippen LogP contribution < -0.4 is 4.90 Å². The monoisotopic (exact) mass is 735 g/mol. The van der Waals surface area contributed by atoms with Crippen LogP contribution in [-0.4, -0.2) is 0 Å². The van der Waals surface area contributed by atoms with Crippen molar-refractivity contribution >= 4 is 90.9 Å². The number of anilines is 3. The number of hydrogen-bond acceptors (Lipinski definition) is 3. The minimum Gasteiger partial charge on any atom is -0.309 e. The highest BCUT2D eigenvalue weighted by molar-refractivity contribution is 7.26. The van der Waals surface area contributed by atoms with Gasteiger partial charge in [0.05, 0.1) is 11.4 Å². The molecule has 0 aliphatic carbocycles. The first kappa shape index (κ1) is 32.0. The van der Waals surface area contributed by atoms with E-state index in [2.05, 4.69) is 205 Å². The molecule has 11 rings (SSSR count). The molecular weight excluding hydrogens is 703 g/mol. The second-order valence-corrected chi connectivity index (χ2v) is 16.2. The van der Waals surface area contributed by atoms with Gasteiger partial charge in [-0.05, 0) is 87.6 Å². The third-order valence-corrected chi connectivity index (χ3v) is 13.2. The van der Waals surface area contributed by atoms with Gasteiger partial charge in [0.1, 0.15) is 0 Å². The van der Waals surface area contributed by atoms with Crippen molar-refractivity contribution in [2.24, 2.45) is 0 Å².